The lowest BCUT2D eigenvalue weighted by molar-refractivity contribution is 0.0696. The lowest BCUT2D eigenvalue weighted by atomic mass is 9.86. The minimum atomic E-state index is -0.958. The van der Waals surface area contributed by atoms with Gasteiger partial charge in [0.15, 0.2) is 0 Å². The number of carbonyl (C=O) groups is 1. The van der Waals surface area contributed by atoms with Gasteiger partial charge >= 0.3 is 5.97 Å². The molecule has 4 nitrogen and oxygen atoms in total. The molecule has 0 atom stereocenters. The maximum Gasteiger partial charge on any atom is 0.337 e. The summed E-state index contributed by atoms with van der Waals surface area (Å²) in [6.45, 7) is 7.08. The number of nitrogens with one attached hydrogen (secondary N) is 1. The minimum Gasteiger partial charge on any atom is -0.478 e. The van der Waals surface area contributed by atoms with Gasteiger partial charge in [-0.05, 0) is 29.2 Å². The molecule has 0 fully saturated rings. The summed E-state index contributed by atoms with van der Waals surface area (Å²) in [5, 5.41) is 12.2. The van der Waals surface area contributed by atoms with E-state index in [4.69, 9.17) is 5.11 Å². The van der Waals surface area contributed by atoms with Gasteiger partial charge in [0.1, 0.15) is 0 Å². The topological polar surface area (TPSA) is 62.2 Å². The predicted molar refractivity (Wildman–Crippen MR) is 83.7 cm³/mol. The Morgan fingerprint density at radius 1 is 1.19 bits per heavy atom. The van der Waals surface area contributed by atoms with Crippen LogP contribution in [0.3, 0.4) is 0 Å². The quantitative estimate of drug-likeness (QED) is 0.899. The second-order valence-corrected chi connectivity index (χ2v) is 5.99. The van der Waals surface area contributed by atoms with Crippen LogP contribution in [0.15, 0.2) is 42.6 Å². The van der Waals surface area contributed by atoms with Gasteiger partial charge in [0.2, 0.25) is 0 Å². The van der Waals surface area contributed by atoms with Gasteiger partial charge in [-0.15, -0.1) is 0 Å². The number of hydrogen-bond acceptors (Lipinski definition) is 3. The Bertz CT molecular complexity index is 628. The van der Waals surface area contributed by atoms with Crippen molar-refractivity contribution in [2.45, 2.75) is 32.7 Å². The van der Waals surface area contributed by atoms with Gasteiger partial charge in [-0.25, -0.2) is 4.79 Å². The van der Waals surface area contributed by atoms with Gasteiger partial charge in [-0.3, -0.25) is 4.98 Å². The number of nitrogens with zero attached hydrogens (tertiary/aromatic N) is 1. The van der Waals surface area contributed by atoms with Crippen LogP contribution >= 0.6 is 0 Å². The molecule has 0 aliphatic carbocycles. The van der Waals surface area contributed by atoms with Crippen LogP contribution in [0.4, 0.5) is 5.69 Å². The molecule has 4 heteroatoms. The highest BCUT2D eigenvalue weighted by Gasteiger charge is 2.17. The molecule has 0 unspecified atom stereocenters. The summed E-state index contributed by atoms with van der Waals surface area (Å²) in [5.74, 6) is -0.958. The van der Waals surface area contributed by atoms with Crippen LogP contribution in [0.25, 0.3) is 0 Å². The molecular weight excluding hydrogens is 264 g/mol. The van der Waals surface area contributed by atoms with Gasteiger partial charge in [0.05, 0.1) is 17.8 Å². The highest BCUT2D eigenvalue weighted by atomic mass is 16.4. The summed E-state index contributed by atoms with van der Waals surface area (Å²) in [6, 6.07) is 11.5. The van der Waals surface area contributed by atoms with Crippen molar-refractivity contribution in [1.82, 2.24) is 4.98 Å². The number of hydrogen-bond donors (Lipinski definition) is 2. The monoisotopic (exact) mass is 284 g/mol. The first-order valence-electron chi connectivity index (χ1n) is 6.89. The fraction of sp³-hybridized carbons (Fsp3) is 0.294. The molecule has 0 bridgehead atoms. The SMILES string of the molecule is CC(C)(C)c1ccccc1NCc1ccc(C(=O)O)cn1. The number of carboxylic acid groups (broad SMARTS) is 1. The van der Waals surface area contributed by atoms with Crippen molar-refractivity contribution in [2.75, 3.05) is 5.32 Å². The zero-order valence-electron chi connectivity index (χ0n) is 12.6. The zero-order chi connectivity index (χ0) is 15.5. The second-order valence-electron chi connectivity index (χ2n) is 5.99. The summed E-state index contributed by atoms with van der Waals surface area (Å²) < 4.78 is 0. The first-order valence-corrected chi connectivity index (χ1v) is 6.89. The molecule has 0 saturated heterocycles. The second kappa shape index (κ2) is 5.95. The van der Waals surface area contributed by atoms with Crippen LogP contribution in [0.2, 0.25) is 0 Å². The lowest BCUT2D eigenvalue weighted by Gasteiger charge is -2.23. The maximum atomic E-state index is 10.8. The summed E-state index contributed by atoms with van der Waals surface area (Å²) in [5.41, 5.74) is 3.39. The number of carboxylic acids is 1. The third-order valence-corrected chi connectivity index (χ3v) is 3.27. The van der Waals surface area contributed by atoms with Crippen LogP contribution < -0.4 is 5.32 Å². The van der Waals surface area contributed by atoms with E-state index in [9.17, 15) is 4.79 Å². The van der Waals surface area contributed by atoms with Crippen LogP contribution in [-0.2, 0) is 12.0 Å². The third kappa shape index (κ3) is 3.81. The smallest absolute Gasteiger partial charge is 0.337 e. The van der Waals surface area contributed by atoms with Gasteiger partial charge < -0.3 is 10.4 Å². The Morgan fingerprint density at radius 3 is 2.48 bits per heavy atom. The first kappa shape index (κ1) is 15.0. The van der Waals surface area contributed by atoms with Crippen molar-refractivity contribution in [3.05, 3.63) is 59.4 Å². The van der Waals surface area contributed by atoms with Gasteiger partial charge in [-0.1, -0.05) is 39.0 Å². The van der Waals surface area contributed by atoms with Crippen LogP contribution in [-0.4, -0.2) is 16.1 Å². The normalized spacial score (nSPS) is 11.2. The van der Waals surface area contributed by atoms with E-state index in [-0.39, 0.29) is 11.0 Å². The van der Waals surface area contributed by atoms with E-state index in [0.29, 0.717) is 6.54 Å². The number of benzene rings is 1. The van der Waals surface area contributed by atoms with Crippen molar-refractivity contribution < 1.29 is 9.90 Å². The van der Waals surface area contributed by atoms with Gasteiger partial charge in [-0.2, -0.15) is 0 Å². The lowest BCUT2D eigenvalue weighted by Crippen LogP contribution is -2.15. The Morgan fingerprint density at radius 2 is 1.90 bits per heavy atom. The third-order valence-electron chi connectivity index (χ3n) is 3.27. The molecule has 1 heterocycles. The molecule has 0 aliphatic heterocycles. The van der Waals surface area contributed by atoms with E-state index in [1.54, 1.807) is 12.1 Å². The number of anilines is 1. The molecule has 21 heavy (non-hydrogen) atoms. The van der Waals surface area contributed by atoms with Crippen LogP contribution in [0.1, 0.15) is 42.4 Å². The molecule has 0 radical (unpaired) electrons. The molecule has 0 amide bonds. The van der Waals surface area contributed by atoms with Crippen molar-refractivity contribution in [3.63, 3.8) is 0 Å². The Kier molecular flexibility index (Phi) is 4.26. The van der Waals surface area contributed by atoms with Crippen LogP contribution in [0, 0.1) is 0 Å². The molecule has 0 spiro atoms. The van der Waals surface area contributed by atoms with E-state index < -0.39 is 5.97 Å². The highest BCUT2D eigenvalue weighted by molar-refractivity contribution is 5.87. The van der Waals surface area contributed by atoms with Crippen molar-refractivity contribution >= 4 is 11.7 Å². The number of rotatable bonds is 4. The molecule has 2 rings (SSSR count). The Hall–Kier alpha value is -2.36. The molecule has 0 aliphatic rings. The standard InChI is InChI=1S/C17H20N2O2/c1-17(2,3)14-6-4-5-7-15(14)19-11-13-9-8-12(10-18-13)16(20)21/h4-10,19H,11H2,1-3H3,(H,20,21). The van der Waals surface area contributed by atoms with Gasteiger partial charge in [0.25, 0.3) is 0 Å². The van der Waals surface area contributed by atoms with E-state index >= 15 is 0 Å². The number of pyridine rings is 1. The predicted octanol–water partition coefficient (Wildman–Crippen LogP) is 3.69. The number of aromatic carboxylic acids is 1. The average Bonchev–Trinajstić information content (AvgIpc) is 2.45. The molecule has 2 aromatic rings. The first-order chi connectivity index (χ1) is 9.88. The van der Waals surface area contributed by atoms with Crippen molar-refractivity contribution in [2.24, 2.45) is 0 Å². The Balaban J connectivity index is 2.12. The Labute approximate surface area is 124 Å². The summed E-state index contributed by atoms with van der Waals surface area (Å²) >= 11 is 0. The summed E-state index contributed by atoms with van der Waals surface area (Å²) in [7, 11) is 0. The van der Waals surface area contributed by atoms with Crippen LogP contribution in [0.5, 0.6) is 0 Å². The maximum absolute atomic E-state index is 10.8. The average molecular weight is 284 g/mol. The number of para-hydroxylation sites is 1. The summed E-state index contributed by atoms with van der Waals surface area (Å²) in [6.07, 6.45) is 1.38. The molecule has 1 aromatic heterocycles. The molecule has 1 aromatic carbocycles. The van der Waals surface area contributed by atoms with E-state index in [2.05, 4.69) is 37.1 Å². The van der Waals surface area contributed by atoms with E-state index in [0.717, 1.165) is 11.4 Å². The highest BCUT2D eigenvalue weighted by Crippen LogP contribution is 2.29. The van der Waals surface area contributed by atoms with Crippen molar-refractivity contribution in [1.29, 1.82) is 0 Å². The molecule has 2 N–H and O–H groups in total. The van der Waals surface area contributed by atoms with Crippen molar-refractivity contribution in [3.8, 4) is 0 Å². The molecule has 110 valence electrons. The fourth-order valence-electron chi connectivity index (χ4n) is 2.13. The number of aromatic nitrogens is 1. The largest absolute Gasteiger partial charge is 0.478 e. The summed E-state index contributed by atoms with van der Waals surface area (Å²) in [4.78, 5) is 15.0. The van der Waals surface area contributed by atoms with E-state index in [1.165, 1.54) is 11.8 Å². The van der Waals surface area contributed by atoms with E-state index in [1.807, 2.05) is 18.2 Å². The zero-order valence-corrected chi connectivity index (χ0v) is 12.6. The molecular formula is C17H20N2O2. The molecule has 0 saturated carbocycles. The fourth-order valence-corrected chi connectivity index (χ4v) is 2.13. The van der Waals surface area contributed by atoms with Gasteiger partial charge in [0, 0.05) is 11.9 Å². The minimum absolute atomic E-state index is 0.0597.